The van der Waals surface area contributed by atoms with Gasteiger partial charge in [0, 0.05) is 0 Å². The van der Waals surface area contributed by atoms with Gasteiger partial charge in [0.25, 0.3) is 0 Å². The van der Waals surface area contributed by atoms with Crippen molar-refractivity contribution in [3.63, 3.8) is 0 Å². The van der Waals surface area contributed by atoms with E-state index < -0.39 is 0 Å². The predicted molar refractivity (Wildman–Crippen MR) is 65.0 cm³/mol. The third-order valence-corrected chi connectivity index (χ3v) is 0.996. The molecule has 0 N–H and O–H groups in total. The van der Waals surface area contributed by atoms with E-state index in [0.29, 0.717) is 4.28 Å². The molecule has 0 fully saturated rings. The standard InChI is InChI=1S/2C4H9O.C4H9.Al/c2*1-2-3-4-5;1-4(2)3;/h2*2-4H2,1H3;1-3H3;/q2*-1;;+2. The summed E-state index contributed by atoms with van der Waals surface area (Å²) in [5, 5.41) is 19.1. The van der Waals surface area contributed by atoms with Crippen molar-refractivity contribution in [3.05, 3.63) is 0 Å². The van der Waals surface area contributed by atoms with Crippen LogP contribution in [-0.4, -0.2) is 29.5 Å². The normalized spacial score (nSPS) is 9.67. The fraction of sp³-hybridized carbons (Fsp3) is 1.00. The minimum absolute atomic E-state index is 0.0938. The molecule has 3 heteroatoms. The van der Waals surface area contributed by atoms with Crippen LogP contribution in [0.3, 0.4) is 0 Å². The average molecular weight is 230 g/mol. The van der Waals surface area contributed by atoms with E-state index in [2.05, 4.69) is 37.1 Å². The van der Waals surface area contributed by atoms with Gasteiger partial charge in [-0.15, -0.1) is 13.2 Å². The zero-order valence-electron chi connectivity index (χ0n) is 11.1. The zero-order chi connectivity index (χ0) is 12.7. The summed E-state index contributed by atoms with van der Waals surface area (Å²) in [6, 6.07) is 0. The van der Waals surface area contributed by atoms with E-state index >= 15 is 0 Å². The molecule has 0 atom stereocenters. The van der Waals surface area contributed by atoms with Crippen LogP contribution < -0.4 is 10.2 Å². The monoisotopic (exact) mass is 230 g/mol. The summed E-state index contributed by atoms with van der Waals surface area (Å²) >= 11 is 2.72. The summed E-state index contributed by atoms with van der Waals surface area (Å²) in [4.78, 5) is 0. The van der Waals surface area contributed by atoms with E-state index in [4.69, 9.17) is 0 Å². The van der Waals surface area contributed by atoms with Gasteiger partial charge in [-0.3, -0.25) is 0 Å². The van der Waals surface area contributed by atoms with Crippen LogP contribution >= 0.6 is 0 Å². The Balaban J connectivity index is -0.000000144. The Hall–Kier alpha value is 0.452. The van der Waals surface area contributed by atoms with E-state index in [9.17, 15) is 10.2 Å². The van der Waals surface area contributed by atoms with Gasteiger partial charge in [0.1, 0.15) is 0 Å². The van der Waals surface area contributed by atoms with Gasteiger partial charge < -0.3 is 10.2 Å². The van der Waals surface area contributed by atoms with E-state index in [0.717, 1.165) is 25.7 Å². The molecule has 0 saturated heterocycles. The van der Waals surface area contributed by atoms with Crippen LogP contribution in [0.1, 0.15) is 60.3 Å². The molecular weight excluding hydrogens is 203 g/mol. The molecule has 0 unspecified atom stereocenters. The molecule has 0 spiro atoms. The van der Waals surface area contributed by atoms with Gasteiger partial charge in [-0.25, -0.2) is 0 Å². The maximum absolute atomic E-state index is 9.53. The Morgan fingerprint density at radius 3 is 1.07 bits per heavy atom. The Bertz CT molecular complexity index is 74.1. The summed E-state index contributed by atoms with van der Waals surface area (Å²) in [7, 11) is 0. The van der Waals surface area contributed by atoms with Crippen molar-refractivity contribution in [2.24, 2.45) is 0 Å². The molecule has 0 aliphatic carbocycles. The van der Waals surface area contributed by atoms with Gasteiger partial charge in [0.05, 0.1) is 0 Å². The molecule has 0 aliphatic rings. The second-order valence-corrected chi connectivity index (χ2v) is 6.21. The first-order valence-corrected chi connectivity index (χ1v) is 6.36. The van der Waals surface area contributed by atoms with Crippen LogP contribution in [0.25, 0.3) is 0 Å². The molecule has 0 amide bonds. The van der Waals surface area contributed by atoms with Crippen molar-refractivity contribution in [3.8, 4) is 0 Å². The summed E-state index contributed by atoms with van der Waals surface area (Å²) in [6.45, 7) is 10.7. The van der Waals surface area contributed by atoms with E-state index in [1.54, 1.807) is 0 Å². The molecule has 0 radical (unpaired) electrons. The molecule has 0 rings (SSSR count). The maximum atomic E-state index is 9.53. The van der Waals surface area contributed by atoms with Crippen molar-refractivity contribution in [1.82, 2.24) is 0 Å². The summed E-state index contributed by atoms with van der Waals surface area (Å²) in [5.41, 5.74) is 0. The van der Waals surface area contributed by atoms with E-state index in [-0.39, 0.29) is 13.2 Å². The second kappa shape index (κ2) is 16.9. The number of hydrogen-bond donors (Lipinski definition) is 0. The zero-order valence-corrected chi connectivity index (χ0v) is 12.3. The third-order valence-electron chi connectivity index (χ3n) is 0.996. The Morgan fingerprint density at radius 2 is 1.07 bits per heavy atom. The molecule has 90 valence electrons. The minimum atomic E-state index is 0.0938. The van der Waals surface area contributed by atoms with Crippen molar-refractivity contribution in [1.29, 1.82) is 0 Å². The van der Waals surface area contributed by atoms with Crippen molar-refractivity contribution >= 4 is 16.3 Å². The summed E-state index contributed by atoms with van der Waals surface area (Å²) < 4.78 is 0.417. The fourth-order valence-electron chi connectivity index (χ4n) is 0.289. The molecule has 0 saturated carbocycles. The van der Waals surface area contributed by atoms with Crippen molar-refractivity contribution in [2.75, 3.05) is 13.2 Å². The first-order valence-electron chi connectivity index (χ1n) is 5.78. The van der Waals surface area contributed by atoms with Crippen LogP contribution in [0.5, 0.6) is 0 Å². The average Bonchev–Trinajstić information content (AvgIpc) is 2.05. The molecule has 0 bridgehead atoms. The number of hydrogen-bond acceptors (Lipinski definition) is 2. The quantitative estimate of drug-likeness (QED) is 0.690. The fourth-order valence-corrected chi connectivity index (χ4v) is 0.289. The SMILES string of the molecule is CCCC[O-].CCCC[O-].C[C](C)(C)[Al+2]. The first kappa shape index (κ1) is 20.8. The summed E-state index contributed by atoms with van der Waals surface area (Å²) in [5.74, 6) is 0. The van der Waals surface area contributed by atoms with Crippen molar-refractivity contribution < 1.29 is 10.2 Å². The van der Waals surface area contributed by atoms with Crippen molar-refractivity contribution in [2.45, 2.75) is 64.6 Å². The third kappa shape index (κ3) is 113. The molecule has 15 heavy (non-hydrogen) atoms. The van der Waals surface area contributed by atoms with Gasteiger partial charge in [0.2, 0.25) is 0 Å². The molecule has 0 aromatic carbocycles. The summed E-state index contributed by atoms with van der Waals surface area (Å²) in [6.07, 6.45) is 3.73. The Kier molecular flexibility index (Phi) is 23.4. The van der Waals surface area contributed by atoms with Crippen LogP contribution in [-0.2, 0) is 0 Å². The Labute approximate surface area is 105 Å². The second-order valence-electron chi connectivity index (χ2n) is 4.48. The molecule has 0 aromatic rings. The first-order chi connectivity index (χ1) is 6.83. The van der Waals surface area contributed by atoms with Crippen LogP contribution in [0.15, 0.2) is 0 Å². The van der Waals surface area contributed by atoms with Gasteiger partial charge >= 0.3 is 41.3 Å². The number of unbranched alkanes of at least 4 members (excludes halogenated alkanes) is 2. The topological polar surface area (TPSA) is 46.1 Å². The molecule has 2 nitrogen and oxygen atoms in total. The predicted octanol–water partition coefficient (Wildman–Crippen LogP) is 1.67. The van der Waals surface area contributed by atoms with Crippen LogP contribution in [0, 0.1) is 0 Å². The van der Waals surface area contributed by atoms with Crippen LogP contribution in [0.2, 0.25) is 4.28 Å². The van der Waals surface area contributed by atoms with Crippen LogP contribution in [0.4, 0.5) is 0 Å². The Morgan fingerprint density at radius 1 is 0.867 bits per heavy atom. The molecule has 0 heterocycles. The van der Waals surface area contributed by atoms with Gasteiger partial charge in [-0.05, 0) is 0 Å². The molecule has 0 aromatic heterocycles. The molecular formula is C12H27AlO2. The van der Waals surface area contributed by atoms with E-state index in [1.165, 1.54) is 0 Å². The van der Waals surface area contributed by atoms with E-state index in [1.807, 2.05) is 13.8 Å². The number of rotatable bonds is 4. The van der Waals surface area contributed by atoms with Gasteiger partial charge in [0.15, 0.2) is 0 Å². The van der Waals surface area contributed by atoms with Gasteiger partial charge in [-0.2, -0.15) is 0 Å². The van der Waals surface area contributed by atoms with Gasteiger partial charge in [-0.1, -0.05) is 39.5 Å². The molecule has 0 aliphatic heterocycles.